The number of aromatic hydroxyl groups is 2. The van der Waals surface area contributed by atoms with Crippen molar-refractivity contribution in [3.63, 3.8) is 0 Å². The second-order valence-electron chi connectivity index (χ2n) is 6.66. The zero-order valence-electron chi connectivity index (χ0n) is 13.0. The van der Waals surface area contributed by atoms with Crippen molar-refractivity contribution in [2.45, 2.75) is 37.4 Å². The molecule has 0 spiro atoms. The molecule has 2 aromatic rings. The topological polar surface area (TPSA) is 74.8 Å². The lowest BCUT2D eigenvalue weighted by atomic mass is 9.78. The molecule has 4 rings (SSSR count). The summed E-state index contributed by atoms with van der Waals surface area (Å²) in [5.41, 5.74) is 0.155. The van der Waals surface area contributed by atoms with E-state index in [0.29, 0.717) is 46.1 Å². The maximum Gasteiger partial charge on any atom is 0.205 e. The Hall–Kier alpha value is -1.40. The predicted molar refractivity (Wildman–Crippen MR) is 90.2 cm³/mol. The molecule has 2 aliphatic heterocycles. The Labute approximate surface area is 149 Å². The summed E-state index contributed by atoms with van der Waals surface area (Å²) < 4.78 is 7.49. The average Bonchev–Trinajstić information content (AvgIpc) is 3.04. The largest absolute Gasteiger partial charge is 0.494 e. The zero-order valence-corrected chi connectivity index (χ0v) is 14.5. The Morgan fingerprint density at radius 3 is 2.33 bits per heavy atom. The van der Waals surface area contributed by atoms with Gasteiger partial charge < -0.3 is 20.1 Å². The molecule has 1 saturated heterocycles. The van der Waals surface area contributed by atoms with Crippen molar-refractivity contribution in [3.05, 3.63) is 39.4 Å². The lowest BCUT2D eigenvalue weighted by Gasteiger charge is -2.25. The van der Waals surface area contributed by atoms with Gasteiger partial charge in [0.25, 0.3) is 0 Å². The van der Waals surface area contributed by atoms with Crippen LogP contribution in [0.25, 0.3) is 5.69 Å². The van der Waals surface area contributed by atoms with Gasteiger partial charge >= 0.3 is 0 Å². The number of halogens is 2. The summed E-state index contributed by atoms with van der Waals surface area (Å²) in [6, 6.07) is 4.82. The second kappa shape index (κ2) is 5.05. The van der Waals surface area contributed by atoms with Crippen molar-refractivity contribution in [1.82, 2.24) is 4.57 Å². The molecule has 1 aromatic heterocycles. The van der Waals surface area contributed by atoms with Crippen LogP contribution in [0, 0.1) is 0 Å². The maximum atomic E-state index is 10.8. The molecule has 128 valence electrons. The van der Waals surface area contributed by atoms with E-state index in [1.807, 2.05) is 6.92 Å². The van der Waals surface area contributed by atoms with Crippen LogP contribution in [-0.4, -0.2) is 26.5 Å². The van der Waals surface area contributed by atoms with Crippen molar-refractivity contribution < 1.29 is 20.1 Å². The number of aliphatic hydroxyl groups excluding tert-OH is 1. The summed E-state index contributed by atoms with van der Waals surface area (Å²) in [6.45, 7) is 1.83. The number of aliphatic hydroxyl groups is 1. The molecule has 1 fully saturated rings. The first-order valence-corrected chi connectivity index (χ1v) is 8.52. The number of aromatic nitrogens is 1. The van der Waals surface area contributed by atoms with E-state index in [4.69, 9.17) is 27.9 Å². The molecule has 2 bridgehead atoms. The maximum absolute atomic E-state index is 10.8. The average molecular weight is 370 g/mol. The number of fused-ring (bicyclic) bond motifs is 5. The van der Waals surface area contributed by atoms with Gasteiger partial charge in [0.15, 0.2) is 0 Å². The van der Waals surface area contributed by atoms with Crippen molar-refractivity contribution in [3.8, 4) is 17.4 Å². The Balaban J connectivity index is 1.98. The van der Waals surface area contributed by atoms with E-state index in [1.165, 1.54) is 4.57 Å². The van der Waals surface area contributed by atoms with E-state index in [0.717, 1.165) is 0 Å². The summed E-state index contributed by atoms with van der Waals surface area (Å²) in [6.07, 6.45) is 1.76. The molecule has 3 N–H and O–H groups in total. The monoisotopic (exact) mass is 369 g/mol. The van der Waals surface area contributed by atoms with Gasteiger partial charge in [-0.05, 0) is 38.0 Å². The van der Waals surface area contributed by atoms with Gasteiger partial charge in [-0.3, -0.25) is 4.57 Å². The van der Waals surface area contributed by atoms with Crippen molar-refractivity contribution >= 4 is 23.2 Å². The molecule has 2 aliphatic rings. The van der Waals surface area contributed by atoms with E-state index in [-0.39, 0.29) is 18.4 Å². The van der Waals surface area contributed by atoms with Crippen molar-refractivity contribution in [2.75, 3.05) is 6.61 Å². The summed E-state index contributed by atoms with van der Waals surface area (Å²) >= 11 is 12.1. The van der Waals surface area contributed by atoms with Gasteiger partial charge in [0.2, 0.25) is 11.8 Å². The minimum Gasteiger partial charge on any atom is -0.494 e. The van der Waals surface area contributed by atoms with Gasteiger partial charge in [0, 0.05) is 23.1 Å². The van der Waals surface area contributed by atoms with Crippen LogP contribution in [0.2, 0.25) is 10.0 Å². The first-order chi connectivity index (χ1) is 11.3. The van der Waals surface area contributed by atoms with E-state index in [9.17, 15) is 15.3 Å². The van der Waals surface area contributed by atoms with Crippen LogP contribution in [0.5, 0.6) is 11.8 Å². The molecule has 5 nitrogen and oxygen atoms in total. The standard InChI is InChI=1S/C17H17Cl2NO4/c1-16-2-3-17(24-16,4-5-21)13-12(16)14(22)20(15(13)23)11-7-9(18)6-10(19)8-11/h6-8,21-23H,2-5H2,1H3/t16-,17-/m1/s1. The third-order valence-electron chi connectivity index (χ3n) is 5.15. The summed E-state index contributed by atoms with van der Waals surface area (Å²) in [4.78, 5) is 0. The highest BCUT2D eigenvalue weighted by molar-refractivity contribution is 6.34. The van der Waals surface area contributed by atoms with Crippen LogP contribution in [0.15, 0.2) is 18.2 Å². The minimum absolute atomic E-state index is 0.0656. The number of benzene rings is 1. The quantitative estimate of drug-likeness (QED) is 0.768. The number of hydrogen-bond acceptors (Lipinski definition) is 4. The molecule has 0 saturated carbocycles. The second-order valence-corrected chi connectivity index (χ2v) is 7.53. The Bertz CT molecular complexity index is 825. The molecule has 7 heteroatoms. The number of nitrogens with zero attached hydrogens (tertiary/aromatic N) is 1. The fourth-order valence-electron chi connectivity index (χ4n) is 4.20. The van der Waals surface area contributed by atoms with Gasteiger partial charge in [-0.15, -0.1) is 0 Å². The van der Waals surface area contributed by atoms with Crippen LogP contribution < -0.4 is 0 Å². The highest BCUT2D eigenvalue weighted by atomic mass is 35.5. The van der Waals surface area contributed by atoms with Crippen LogP contribution >= 0.6 is 23.2 Å². The molecule has 0 amide bonds. The van der Waals surface area contributed by atoms with Crippen molar-refractivity contribution in [2.24, 2.45) is 0 Å². The lowest BCUT2D eigenvalue weighted by Crippen LogP contribution is -2.24. The highest BCUT2D eigenvalue weighted by Crippen LogP contribution is 2.65. The first kappa shape index (κ1) is 16.1. The highest BCUT2D eigenvalue weighted by Gasteiger charge is 2.61. The number of ether oxygens (including phenoxy) is 1. The third kappa shape index (κ3) is 1.96. The molecular weight excluding hydrogens is 353 g/mol. The SMILES string of the molecule is C[C@]12CC[C@](CCO)(O1)c1c2c(O)n(-c2cc(Cl)cc(Cl)c2)c1O. The Morgan fingerprint density at radius 1 is 1.08 bits per heavy atom. The third-order valence-corrected chi connectivity index (χ3v) is 5.59. The van der Waals surface area contributed by atoms with Gasteiger partial charge in [0.05, 0.1) is 22.4 Å². The van der Waals surface area contributed by atoms with Crippen LogP contribution in [0.3, 0.4) is 0 Å². The molecular formula is C17H17Cl2NO4. The van der Waals surface area contributed by atoms with E-state index >= 15 is 0 Å². The Morgan fingerprint density at radius 2 is 1.71 bits per heavy atom. The fourth-order valence-corrected chi connectivity index (χ4v) is 4.71. The fraction of sp³-hybridized carbons (Fsp3) is 0.412. The van der Waals surface area contributed by atoms with Crippen LogP contribution in [0.1, 0.15) is 37.3 Å². The van der Waals surface area contributed by atoms with Gasteiger partial charge in [0.1, 0.15) is 5.60 Å². The molecule has 0 radical (unpaired) electrons. The van der Waals surface area contributed by atoms with Crippen LogP contribution in [-0.2, 0) is 15.9 Å². The molecule has 2 atom stereocenters. The predicted octanol–water partition coefficient (Wildman–Crippen LogP) is 3.81. The van der Waals surface area contributed by atoms with Crippen LogP contribution in [0.4, 0.5) is 0 Å². The van der Waals surface area contributed by atoms with Crippen molar-refractivity contribution in [1.29, 1.82) is 0 Å². The molecule has 0 aliphatic carbocycles. The van der Waals surface area contributed by atoms with E-state index in [2.05, 4.69) is 0 Å². The zero-order chi connectivity index (χ0) is 17.3. The first-order valence-electron chi connectivity index (χ1n) is 7.76. The summed E-state index contributed by atoms with van der Waals surface area (Å²) in [5.74, 6) is -0.180. The number of hydrogen-bond donors (Lipinski definition) is 3. The van der Waals surface area contributed by atoms with E-state index in [1.54, 1.807) is 18.2 Å². The summed E-state index contributed by atoms with van der Waals surface area (Å²) in [5, 5.41) is 31.9. The Kier molecular flexibility index (Phi) is 3.39. The van der Waals surface area contributed by atoms with E-state index < -0.39 is 11.2 Å². The molecule has 24 heavy (non-hydrogen) atoms. The molecule has 0 unspecified atom stereocenters. The van der Waals surface area contributed by atoms with Gasteiger partial charge in [-0.1, -0.05) is 23.2 Å². The smallest absolute Gasteiger partial charge is 0.205 e. The summed E-state index contributed by atoms with van der Waals surface area (Å²) in [7, 11) is 0. The van der Waals surface area contributed by atoms with Gasteiger partial charge in [-0.2, -0.15) is 0 Å². The molecule has 1 aromatic carbocycles. The van der Waals surface area contributed by atoms with Gasteiger partial charge in [-0.25, -0.2) is 0 Å². The normalized spacial score (nSPS) is 27.7. The lowest BCUT2D eigenvalue weighted by molar-refractivity contribution is -0.0887. The molecule has 3 heterocycles. The number of rotatable bonds is 3. The minimum atomic E-state index is -0.770.